The maximum atomic E-state index is 12.4. The van der Waals surface area contributed by atoms with Gasteiger partial charge in [-0.05, 0) is 50.4 Å². The largest absolute Gasteiger partial charge is 0.415 e. The molecule has 6 nitrogen and oxygen atoms in total. The first-order chi connectivity index (χ1) is 15.6. The molecule has 1 aromatic heterocycles. The van der Waals surface area contributed by atoms with E-state index in [9.17, 15) is 4.79 Å². The molecule has 1 amide bonds. The molecule has 2 aromatic carbocycles. The molecule has 1 saturated heterocycles. The van der Waals surface area contributed by atoms with Gasteiger partial charge in [-0.2, -0.15) is 0 Å². The normalized spacial score (nSPS) is 14.5. The third-order valence-corrected chi connectivity index (χ3v) is 6.54. The van der Waals surface area contributed by atoms with E-state index in [0.717, 1.165) is 36.3 Å². The molecule has 0 unspecified atom stereocenters. The first kappa shape index (κ1) is 22.3. The highest BCUT2D eigenvalue weighted by atomic mass is 32.2. The zero-order valence-corrected chi connectivity index (χ0v) is 19.3. The molecular weight excluding hydrogens is 420 g/mol. The van der Waals surface area contributed by atoms with E-state index in [1.54, 1.807) is 28.8 Å². The highest BCUT2D eigenvalue weighted by Crippen LogP contribution is 2.22. The maximum absolute atomic E-state index is 12.4. The first-order valence-corrected chi connectivity index (χ1v) is 12.0. The first-order valence-electron chi connectivity index (χ1n) is 10.8. The standard InChI is InChI=1S/C25H28N4O2S/c1-28(18-20-16-27-24(17-26-20)19-8-10-23(32-2)11-9-19)21-12-14-29(15-13-21)25(30)31-22-6-4-3-5-7-22/h3-11,16-17,21H,12-15,18H2,1-2H3. The lowest BCUT2D eigenvalue weighted by molar-refractivity contribution is 0.107. The fourth-order valence-corrected chi connectivity index (χ4v) is 4.28. The van der Waals surface area contributed by atoms with E-state index < -0.39 is 0 Å². The van der Waals surface area contributed by atoms with Crippen molar-refractivity contribution in [1.29, 1.82) is 0 Å². The predicted molar refractivity (Wildman–Crippen MR) is 128 cm³/mol. The lowest BCUT2D eigenvalue weighted by Crippen LogP contribution is -2.46. The van der Waals surface area contributed by atoms with E-state index in [2.05, 4.69) is 52.4 Å². The van der Waals surface area contributed by atoms with Crippen molar-refractivity contribution in [1.82, 2.24) is 19.8 Å². The highest BCUT2D eigenvalue weighted by molar-refractivity contribution is 7.98. The fraction of sp³-hybridized carbons (Fsp3) is 0.320. The number of benzene rings is 2. The number of rotatable bonds is 6. The topological polar surface area (TPSA) is 58.6 Å². The molecule has 0 spiro atoms. The third-order valence-electron chi connectivity index (χ3n) is 5.80. The van der Waals surface area contributed by atoms with E-state index in [1.807, 2.05) is 30.6 Å². The van der Waals surface area contributed by atoms with Gasteiger partial charge in [0.05, 0.1) is 23.8 Å². The Morgan fingerprint density at radius 3 is 2.41 bits per heavy atom. The van der Waals surface area contributed by atoms with E-state index >= 15 is 0 Å². The minimum Gasteiger partial charge on any atom is -0.410 e. The van der Waals surface area contributed by atoms with Crippen molar-refractivity contribution in [3.05, 3.63) is 72.7 Å². The van der Waals surface area contributed by atoms with Gasteiger partial charge in [-0.15, -0.1) is 11.8 Å². The number of hydrogen-bond acceptors (Lipinski definition) is 6. The molecule has 0 aliphatic carbocycles. The van der Waals surface area contributed by atoms with Crippen LogP contribution in [0.15, 0.2) is 71.9 Å². The van der Waals surface area contributed by atoms with Crippen LogP contribution in [0.25, 0.3) is 11.3 Å². The van der Waals surface area contributed by atoms with Crippen LogP contribution in [-0.4, -0.2) is 58.3 Å². The monoisotopic (exact) mass is 448 g/mol. The molecule has 32 heavy (non-hydrogen) atoms. The van der Waals surface area contributed by atoms with Gasteiger partial charge in [-0.3, -0.25) is 14.9 Å². The van der Waals surface area contributed by atoms with E-state index in [4.69, 9.17) is 4.74 Å². The van der Waals surface area contributed by atoms with Crippen molar-refractivity contribution in [3.63, 3.8) is 0 Å². The average molecular weight is 449 g/mol. The van der Waals surface area contributed by atoms with Crippen LogP contribution in [0.5, 0.6) is 5.75 Å². The second-order valence-corrected chi connectivity index (χ2v) is 8.82. The summed E-state index contributed by atoms with van der Waals surface area (Å²) in [4.78, 5) is 27.0. The summed E-state index contributed by atoms with van der Waals surface area (Å²) in [5.74, 6) is 0.582. The predicted octanol–water partition coefficient (Wildman–Crippen LogP) is 4.96. The van der Waals surface area contributed by atoms with Gasteiger partial charge in [0.15, 0.2) is 0 Å². The summed E-state index contributed by atoms with van der Waals surface area (Å²) in [6.07, 6.45) is 7.33. The average Bonchev–Trinajstić information content (AvgIpc) is 2.85. The van der Waals surface area contributed by atoms with Crippen LogP contribution in [-0.2, 0) is 6.54 Å². The zero-order chi connectivity index (χ0) is 22.3. The lowest BCUT2D eigenvalue weighted by atomic mass is 10.0. The van der Waals surface area contributed by atoms with Crippen LogP contribution in [0.3, 0.4) is 0 Å². The summed E-state index contributed by atoms with van der Waals surface area (Å²) in [5.41, 5.74) is 2.90. The molecule has 1 aliphatic rings. The van der Waals surface area contributed by atoms with Crippen LogP contribution in [0.1, 0.15) is 18.5 Å². The van der Waals surface area contributed by atoms with Crippen molar-refractivity contribution < 1.29 is 9.53 Å². The molecule has 0 radical (unpaired) electrons. The lowest BCUT2D eigenvalue weighted by Gasteiger charge is -2.36. The van der Waals surface area contributed by atoms with Crippen LogP contribution in [0.2, 0.25) is 0 Å². The summed E-state index contributed by atoms with van der Waals surface area (Å²) in [6.45, 7) is 2.12. The molecule has 1 fully saturated rings. The molecule has 0 saturated carbocycles. The highest BCUT2D eigenvalue weighted by Gasteiger charge is 2.26. The van der Waals surface area contributed by atoms with Gasteiger partial charge in [0.1, 0.15) is 5.75 Å². The molecule has 0 atom stereocenters. The van der Waals surface area contributed by atoms with Crippen LogP contribution < -0.4 is 4.74 Å². The summed E-state index contributed by atoms with van der Waals surface area (Å²) < 4.78 is 5.46. The summed E-state index contributed by atoms with van der Waals surface area (Å²) in [5, 5.41) is 0. The van der Waals surface area contributed by atoms with Crippen molar-refractivity contribution in [2.45, 2.75) is 30.3 Å². The number of thioether (sulfide) groups is 1. The van der Waals surface area contributed by atoms with E-state index in [-0.39, 0.29) is 6.09 Å². The number of amides is 1. The van der Waals surface area contributed by atoms with E-state index in [0.29, 0.717) is 24.9 Å². The number of nitrogens with zero attached hydrogens (tertiary/aromatic N) is 4. The summed E-state index contributed by atoms with van der Waals surface area (Å²) in [7, 11) is 2.11. The Bertz CT molecular complexity index is 1000. The van der Waals surface area contributed by atoms with Gasteiger partial charge in [-0.1, -0.05) is 30.3 Å². The van der Waals surface area contributed by atoms with Gasteiger partial charge < -0.3 is 9.64 Å². The Hall–Kier alpha value is -2.90. The number of para-hydroxylation sites is 1. The molecule has 0 bridgehead atoms. The van der Waals surface area contributed by atoms with Crippen molar-refractivity contribution in [2.75, 3.05) is 26.4 Å². The quantitative estimate of drug-likeness (QED) is 0.497. The van der Waals surface area contributed by atoms with Crippen molar-refractivity contribution in [2.24, 2.45) is 0 Å². The Morgan fingerprint density at radius 2 is 1.78 bits per heavy atom. The SMILES string of the molecule is CSc1ccc(-c2cnc(CN(C)C3CCN(C(=O)Oc4ccccc4)CC3)cn2)cc1. The Labute approximate surface area is 193 Å². The molecule has 3 aromatic rings. The number of ether oxygens (including phenoxy) is 1. The van der Waals surface area contributed by atoms with Gasteiger partial charge in [0.25, 0.3) is 0 Å². The third kappa shape index (κ3) is 5.66. The number of hydrogen-bond donors (Lipinski definition) is 0. The number of carbonyl (C=O) groups excluding carboxylic acids is 1. The smallest absolute Gasteiger partial charge is 0.410 e. The van der Waals surface area contributed by atoms with Crippen LogP contribution >= 0.6 is 11.8 Å². The Kier molecular flexibility index (Phi) is 7.39. The molecule has 166 valence electrons. The van der Waals surface area contributed by atoms with Gasteiger partial charge >= 0.3 is 6.09 Å². The van der Waals surface area contributed by atoms with E-state index in [1.165, 1.54) is 4.90 Å². The number of carbonyl (C=O) groups is 1. The van der Waals surface area contributed by atoms with Crippen molar-refractivity contribution >= 4 is 17.9 Å². The minimum atomic E-state index is -0.274. The summed E-state index contributed by atoms with van der Waals surface area (Å²) in [6, 6.07) is 18.0. The molecular formula is C25H28N4O2S. The second kappa shape index (κ2) is 10.6. The van der Waals surface area contributed by atoms with Crippen LogP contribution in [0, 0.1) is 0 Å². The van der Waals surface area contributed by atoms with Crippen LogP contribution in [0.4, 0.5) is 4.79 Å². The Morgan fingerprint density at radius 1 is 1.06 bits per heavy atom. The second-order valence-electron chi connectivity index (χ2n) is 7.94. The van der Waals surface area contributed by atoms with Gasteiger partial charge in [-0.25, -0.2) is 4.79 Å². The zero-order valence-electron chi connectivity index (χ0n) is 18.5. The van der Waals surface area contributed by atoms with Gasteiger partial charge in [0, 0.05) is 36.1 Å². The van der Waals surface area contributed by atoms with Gasteiger partial charge in [0.2, 0.25) is 0 Å². The molecule has 7 heteroatoms. The van der Waals surface area contributed by atoms with Crippen molar-refractivity contribution in [3.8, 4) is 17.0 Å². The minimum absolute atomic E-state index is 0.274. The fourth-order valence-electron chi connectivity index (χ4n) is 3.88. The number of piperidine rings is 1. The number of likely N-dealkylation sites (tertiary alicyclic amines) is 1. The molecule has 2 heterocycles. The maximum Gasteiger partial charge on any atom is 0.415 e. The molecule has 1 aliphatic heterocycles. The molecule has 4 rings (SSSR count). The number of aromatic nitrogens is 2. The Balaban J connectivity index is 1.27. The molecule has 0 N–H and O–H groups in total. The summed E-state index contributed by atoms with van der Waals surface area (Å²) >= 11 is 1.73.